The third-order valence-corrected chi connectivity index (χ3v) is 11.6. The van der Waals surface area contributed by atoms with E-state index in [4.69, 9.17) is 4.42 Å². The van der Waals surface area contributed by atoms with Crippen molar-refractivity contribution in [3.63, 3.8) is 0 Å². The molecular weight excluding hydrogens is 741 g/mol. The van der Waals surface area contributed by atoms with E-state index in [-0.39, 0.29) is 0 Å². The summed E-state index contributed by atoms with van der Waals surface area (Å²) in [5, 5.41) is 4.33. The van der Waals surface area contributed by atoms with Gasteiger partial charge in [0.15, 0.2) is 0 Å². The molecule has 0 saturated carbocycles. The van der Waals surface area contributed by atoms with Crippen LogP contribution in [0.5, 0.6) is 0 Å². The zero-order valence-electron chi connectivity index (χ0n) is 33.4. The maximum Gasteiger partial charge on any atom is 0.143 e. The summed E-state index contributed by atoms with van der Waals surface area (Å²) in [7, 11) is 0. The average molecular weight is 781 g/mol. The van der Waals surface area contributed by atoms with Crippen molar-refractivity contribution < 1.29 is 4.42 Å². The van der Waals surface area contributed by atoms with Gasteiger partial charge in [0, 0.05) is 39.3 Å². The largest absolute Gasteiger partial charge is 0.455 e. The van der Waals surface area contributed by atoms with Crippen molar-refractivity contribution in [1.29, 1.82) is 0 Å². The lowest BCUT2D eigenvalue weighted by molar-refractivity contribution is 0.673. The van der Waals surface area contributed by atoms with Gasteiger partial charge in [0.25, 0.3) is 0 Å². The Balaban J connectivity index is 1.24. The number of hydrogen-bond acceptors (Lipinski definition) is 3. The van der Waals surface area contributed by atoms with Crippen molar-refractivity contribution in [3.05, 3.63) is 243 Å². The zero-order valence-corrected chi connectivity index (χ0v) is 33.4. The molecule has 0 fully saturated rings. The summed E-state index contributed by atoms with van der Waals surface area (Å²) in [5.41, 5.74) is 14.8. The van der Waals surface area contributed by atoms with Crippen LogP contribution < -0.4 is 9.80 Å². The van der Waals surface area contributed by atoms with Gasteiger partial charge in [-0.1, -0.05) is 188 Å². The van der Waals surface area contributed by atoms with Crippen molar-refractivity contribution in [2.45, 2.75) is 0 Å². The number of benzene rings is 10. The second-order valence-electron chi connectivity index (χ2n) is 15.3. The lowest BCUT2D eigenvalue weighted by atomic mass is 9.99. The molecule has 0 aliphatic rings. The first-order valence-electron chi connectivity index (χ1n) is 20.8. The van der Waals surface area contributed by atoms with E-state index < -0.39 is 0 Å². The Morgan fingerprint density at radius 3 is 1.43 bits per heavy atom. The van der Waals surface area contributed by atoms with Gasteiger partial charge in [0.1, 0.15) is 11.2 Å². The normalized spacial score (nSPS) is 11.3. The minimum atomic E-state index is 0.806. The van der Waals surface area contributed by atoms with Crippen LogP contribution in [-0.4, -0.2) is 0 Å². The Morgan fingerprint density at radius 1 is 0.295 bits per heavy atom. The van der Waals surface area contributed by atoms with E-state index in [2.05, 4.69) is 252 Å². The maximum atomic E-state index is 7.14. The average Bonchev–Trinajstić information content (AvgIpc) is 3.73. The Labute approximate surface area is 355 Å². The van der Waals surface area contributed by atoms with Crippen LogP contribution in [0.3, 0.4) is 0 Å². The van der Waals surface area contributed by atoms with Crippen molar-refractivity contribution in [1.82, 2.24) is 0 Å². The topological polar surface area (TPSA) is 19.6 Å². The first-order valence-corrected chi connectivity index (χ1v) is 20.8. The molecule has 0 unspecified atom stereocenters. The Hall–Kier alpha value is -8.14. The van der Waals surface area contributed by atoms with E-state index in [1.54, 1.807) is 0 Å². The molecule has 11 rings (SSSR count). The third-order valence-electron chi connectivity index (χ3n) is 11.6. The molecule has 0 spiro atoms. The molecule has 0 amide bonds. The smallest absolute Gasteiger partial charge is 0.143 e. The second kappa shape index (κ2) is 15.6. The van der Waals surface area contributed by atoms with Crippen LogP contribution in [0.15, 0.2) is 247 Å². The first kappa shape index (κ1) is 36.0. The molecule has 0 N–H and O–H groups in total. The van der Waals surface area contributed by atoms with Gasteiger partial charge in [-0.15, -0.1) is 0 Å². The predicted molar refractivity (Wildman–Crippen MR) is 257 cm³/mol. The lowest BCUT2D eigenvalue weighted by Crippen LogP contribution is -2.15. The molecule has 0 bridgehead atoms. The third kappa shape index (κ3) is 6.59. The number of hydrogen-bond donors (Lipinski definition) is 0. The summed E-state index contributed by atoms with van der Waals surface area (Å²) in [6, 6.07) is 86.5. The Kier molecular flexibility index (Phi) is 9.18. The van der Waals surface area contributed by atoms with Gasteiger partial charge in [-0.25, -0.2) is 0 Å². The molecule has 10 aromatic carbocycles. The van der Waals surface area contributed by atoms with Crippen LogP contribution in [0, 0.1) is 0 Å². The van der Waals surface area contributed by atoms with Crippen LogP contribution in [0.1, 0.15) is 0 Å². The van der Waals surface area contributed by atoms with Gasteiger partial charge in [-0.2, -0.15) is 0 Å². The number of para-hydroxylation sites is 3. The zero-order chi connectivity index (χ0) is 40.5. The maximum absolute atomic E-state index is 7.14. The number of anilines is 6. The number of fused-ring (bicyclic) bond motifs is 5. The molecule has 11 aromatic rings. The van der Waals surface area contributed by atoms with Gasteiger partial charge in [0.2, 0.25) is 0 Å². The van der Waals surface area contributed by atoms with Crippen LogP contribution in [-0.2, 0) is 0 Å². The molecule has 3 nitrogen and oxygen atoms in total. The quantitative estimate of drug-likeness (QED) is 0.145. The van der Waals surface area contributed by atoms with E-state index in [0.29, 0.717) is 0 Å². The molecule has 3 heteroatoms. The number of rotatable bonds is 9. The number of nitrogens with zero attached hydrogens (tertiary/aromatic N) is 2. The molecule has 1 heterocycles. The van der Waals surface area contributed by atoms with E-state index in [1.165, 1.54) is 5.56 Å². The molecule has 0 radical (unpaired) electrons. The monoisotopic (exact) mass is 780 g/mol. The molecular formula is C58H40N2O. The minimum absolute atomic E-state index is 0.806. The van der Waals surface area contributed by atoms with Crippen molar-refractivity contribution in [2.24, 2.45) is 0 Å². The molecule has 0 atom stereocenters. The van der Waals surface area contributed by atoms with Gasteiger partial charge in [0.05, 0.1) is 28.1 Å². The molecule has 0 aliphatic carbocycles. The molecule has 61 heavy (non-hydrogen) atoms. The summed E-state index contributed by atoms with van der Waals surface area (Å²) in [6.45, 7) is 0. The minimum Gasteiger partial charge on any atom is -0.455 e. The standard InChI is InChI=1S/C58H40N2O/c1-5-19-41(20-6-1)42-33-36-47(37-34-42)60(54-32-18-16-29-50(54)44-23-9-3-10-24-44)55-39-48(40-56-57(55)52-38-35-45-25-13-14-30-51(45)58(52)61-56)59(46-26-11-4-12-27-46)53-31-17-15-28-49(53)43-21-7-2-8-22-43/h1-40H. The van der Waals surface area contributed by atoms with E-state index in [0.717, 1.165) is 94.7 Å². The van der Waals surface area contributed by atoms with Gasteiger partial charge < -0.3 is 14.2 Å². The van der Waals surface area contributed by atoms with E-state index >= 15 is 0 Å². The van der Waals surface area contributed by atoms with Crippen molar-refractivity contribution >= 4 is 66.8 Å². The Bertz CT molecular complexity index is 3290. The van der Waals surface area contributed by atoms with E-state index in [1.807, 2.05) is 0 Å². The Morgan fingerprint density at radius 2 is 0.787 bits per heavy atom. The summed E-state index contributed by atoms with van der Waals surface area (Å²) in [5.74, 6) is 0. The second-order valence-corrected chi connectivity index (χ2v) is 15.3. The van der Waals surface area contributed by atoms with Crippen LogP contribution >= 0.6 is 0 Å². The summed E-state index contributed by atoms with van der Waals surface area (Å²) in [6.07, 6.45) is 0. The molecule has 288 valence electrons. The lowest BCUT2D eigenvalue weighted by Gasteiger charge is -2.32. The highest BCUT2D eigenvalue weighted by Gasteiger charge is 2.26. The summed E-state index contributed by atoms with van der Waals surface area (Å²) >= 11 is 0. The summed E-state index contributed by atoms with van der Waals surface area (Å²) in [4.78, 5) is 4.80. The fourth-order valence-electron chi connectivity index (χ4n) is 8.81. The van der Waals surface area contributed by atoms with Gasteiger partial charge in [-0.05, 0) is 76.2 Å². The molecule has 0 aliphatic heterocycles. The van der Waals surface area contributed by atoms with Crippen molar-refractivity contribution in [2.75, 3.05) is 9.80 Å². The molecule has 0 saturated heterocycles. The highest BCUT2D eigenvalue weighted by molar-refractivity contribution is 6.21. The SMILES string of the molecule is c1ccc(-c2ccc(N(c3ccccc3-c3ccccc3)c3cc(N(c4ccccc4)c4ccccc4-c4ccccc4)cc4oc5c6ccccc6ccc5c34)cc2)cc1. The number of furan rings is 1. The van der Waals surface area contributed by atoms with Gasteiger partial charge >= 0.3 is 0 Å². The fraction of sp³-hybridized carbons (Fsp3) is 0. The predicted octanol–water partition coefficient (Wildman–Crippen LogP) is 16.7. The highest BCUT2D eigenvalue weighted by atomic mass is 16.3. The fourth-order valence-corrected chi connectivity index (χ4v) is 8.81. The van der Waals surface area contributed by atoms with Gasteiger partial charge in [-0.3, -0.25) is 0 Å². The van der Waals surface area contributed by atoms with Crippen molar-refractivity contribution in [3.8, 4) is 33.4 Å². The first-order chi connectivity index (χ1) is 30.3. The van der Waals surface area contributed by atoms with Crippen LogP contribution in [0.25, 0.3) is 66.1 Å². The van der Waals surface area contributed by atoms with Crippen LogP contribution in [0.4, 0.5) is 34.1 Å². The highest BCUT2D eigenvalue weighted by Crippen LogP contribution is 2.51. The summed E-state index contributed by atoms with van der Waals surface area (Å²) < 4.78 is 7.14. The molecule has 1 aromatic heterocycles. The van der Waals surface area contributed by atoms with Crippen LogP contribution in [0.2, 0.25) is 0 Å². The van der Waals surface area contributed by atoms with E-state index in [9.17, 15) is 0 Å².